The van der Waals surface area contributed by atoms with Crippen LogP contribution in [-0.2, 0) is 14.3 Å². The van der Waals surface area contributed by atoms with Crippen molar-refractivity contribution in [1.82, 2.24) is 15.1 Å². The third kappa shape index (κ3) is 3.65. The third-order valence-electron chi connectivity index (χ3n) is 5.33. The summed E-state index contributed by atoms with van der Waals surface area (Å²) in [5.74, 6) is 0.472. The number of rotatable bonds is 5. The van der Waals surface area contributed by atoms with Gasteiger partial charge in [0.15, 0.2) is 0 Å². The summed E-state index contributed by atoms with van der Waals surface area (Å²) >= 11 is 0. The van der Waals surface area contributed by atoms with Crippen LogP contribution < -0.4 is 5.32 Å². The second-order valence-electron chi connectivity index (χ2n) is 7.21. The second-order valence-corrected chi connectivity index (χ2v) is 7.21. The molecule has 1 unspecified atom stereocenters. The molecular weight excluding hydrogens is 310 g/mol. The predicted molar refractivity (Wildman–Crippen MR) is 87.2 cm³/mol. The molecule has 3 amide bonds. The maximum Gasteiger partial charge on any atom is 0.325 e. The minimum absolute atomic E-state index is 0.127. The molecule has 2 aliphatic heterocycles. The standard InChI is InChI=1S/C17H27N3O4/c1-2-24-14(21)10-18-16(23)20-9-7-17(12-20)6-3-8-19(15(17)22)11-13-4-5-13/h13H,2-12H2,1H3,(H,18,23). The molecule has 0 aromatic heterocycles. The van der Waals surface area contributed by atoms with Crippen molar-refractivity contribution in [3.05, 3.63) is 0 Å². The molecule has 0 aromatic carbocycles. The number of hydrogen-bond donors (Lipinski definition) is 1. The third-order valence-corrected chi connectivity index (χ3v) is 5.33. The first-order valence-corrected chi connectivity index (χ1v) is 9.02. The number of hydrogen-bond acceptors (Lipinski definition) is 4. The van der Waals surface area contributed by atoms with Gasteiger partial charge in [0.25, 0.3) is 0 Å². The number of likely N-dealkylation sites (tertiary alicyclic amines) is 2. The summed E-state index contributed by atoms with van der Waals surface area (Å²) < 4.78 is 4.81. The normalized spacial score (nSPS) is 26.8. The van der Waals surface area contributed by atoms with Crippen LogP contribution in [0.4, 0.5) is 4.79 Å². The number of piperidine rings is 1. The quantitative estimate of drug-likeness (QED) is 0.759. The molecule has 0 aromatic rings. The van der Waals surface area contributed by atoms with Gasteiger partial charge in [0.1, 0.15) is 6.54 Å². The zero-order valence-corrected chi connectivity index (χ0v) is 14.4. The van der Waals surface area contributed by atoms with E-state index in [1.54, 1.807) is 11.8 Å². The maximum atomic E-state index is 12.9. The Morgan fingerprint density at radius 1 is 1.29 bits per heavy atom. The monoisotopic (exact) mass is 337 g/mol. The van der Waals surface area contributed by atoms with Crippen LogP contribution in [0.3, 0.4) is 0 Å². The summed E-state index contributed by atoms with van der Waals surface area (Å²) in [7, 11) is 0. The topological polar surface area (TPSA) is 79.0 Å². The van der Waals surface area contributed by atoms with Crippen LogP contribution in [0.2, 0.25) is 0 Å². The van der Waals surface area contributed by atoms with E-state index in [0.29, 0.717) is 25.6 Å². The molecule has 2 saturated heterocycles. The Bertz CT molecular complexity index is 520. The van der Waals surface area contributed by atoms with Crippen LogP contribution >= 0.6 is 0 Å². The molecule has 7 heteroatoms. The van der Waals surface area contributed by atoms with Gasteiger partial charge in [0, 0.05) is 26.2 Å². The van der Waals surface area contributed by atoms with Gasteiger partial charge in [-0.3, -0.25) is 9.59 Å². The molecule has 134 valence electrons. The highest BCUT2D eigenvalue weighted by Gasteiger charge is 2.49. The van der Waals surface area contributed by atoms with Crippen molar-refractivity contribution in [3.63, 3.8) is 0 Å². The number of carbonyl (C=O) groups excluding carboxylic acids is 3. The van der Waals surface area contributed by atoms with Crippen LogP contribution in [-0.4, -0.2) is 67.0 Å². The highest BCUT2D eigenvalue weighted by Crippen LogP contribution is 2.41. The molecule has 0 radical (unpaired) electrons. The van der Waals surface area contributed by atoms with Crippen molar-refractivity contribution in [2.45, 2.75) is 39.0 Å². The fraction of sp³-hybridized carbons (Fsp3) is 0.824. The maximum absolute atomic E-state index is 12.9. The summed E-state index contributed by atoms with van der Waals surface area (Å²) in [6, 6.07) is -0.285. The smallest absolute Gasteiger partial charge is 0.325 e. The van der Waals surface area contributed by atoms with Crippen molar-refractivity contribution in [3.8, 4) is 0 Å². The van der Waals surface area contributed by atoms with Gasteiger partial charge in [0.2, 0.25) is 5.91 Å². The van der Waals surface area contributed by atoms with Crippen molar-refractivity contribution in [1.29, 1.82) is 0 Å². The van der Waals surface area contributed by atoms with E-state index in [1.165, 1.54) is 12.8 Å². The highest BCUT2D eigenvalue weighted by atomic mass is 16.5. The molecule has 3 fully saturated rings. The zero-order chi connectivity index (χ0) is 17.2. The lowest BCUT2D eigenvalue weighted by Crippen LogP contribution is -2.51. The molecule has 1 atom stereocenters. The molecule has 0 bridgehead atoms. The second kappa shape index (κ2) is 6.99. The Labute approximate surface area is 142 Å². The van der Waals surface area contributed by atoms with Gasteiger partial charge in [-0.2, -0.15) is 0 Å². The van der Waals surface area contributed by atoms with Gasteiger partial charge in [-0.15, -0.1) is 0 Å². The van der Waals surface area contributed by atoms with Crippen LogP contribution in [0, 0.1) is 11.3 Å². The van der Waals surface area contributed by atoms with Gasteiger partial charge in [0.05, 0.1) is 12.0 Å². The van der Waals surface area contributed by atoms with Gasteiger partial charge in [-0.25, -0.2) is 4.79 Å². The Morgan fingerprint density at radius 3 is 2.79 bits per heavy atom. The van der Waals surface area contributed by atoms with Crippen LogP contribution in [0.25, 0.3) is 0 Å². The predicted octanol–water partition coefficient (Wildman–Crippen LogP) is 0.984. The van der Waals surface area contributed by atoms with E-state index in [1.807, 2.05) is 4.90 Å². The number of amides is 3. The molecular formula is C17H27N3O4. The Kier molecular flexibility index (Phi) is 4.96. The number of carbonyl (C=O) groups is 3. The van der Waals surface area contributed by atoms with Gasteiger partial charge >= 0.3 is 12.0 Å². The van der Waals surface area contributed by atoms with E-state index in [9.17, 15) is 14.4 Å². The van der Waals surface area contributed by atoms with E-state index in [-0.39, 0.29) is 18.5 Å². The summed E-state index contributed by atoms with van der Waals surface area (Å²) in [5.41, 5.74) is -0.408. The van der Waals surface area contributed by atoms with Crippen molar-refractivity contribution >= 4 is 17.9 Å². The summed E-state index contributed by atoms with van der Waals surface area (Å²) in [6.07, 6.45) is 5.06. The first-order valence-electron chi connectivity index (χ1n) is 9.02. The lowest BCUT2D eigenvalue weighted by molar-refractivity contribution is -0.146. The summed E-state index contributed by atoms with van der Waals surface area (Å²) in [5, 5.41) is 2.59. The Morgan fingerprint density at radius 2 is 2.08 bits per heavy atom. The molecule has 7 nitrogen and oxygen atoms in total. The van der Waals surface area contributed by atoms with E-state index < -0.39 is 11.4 Å². The Balaban J connectivity index is 1.54. The molecule has 3 aliphatic rings. The highest BCUT2D eigenvalue weighted by molar-refractivity contribution is 5.86. The molecule has 1 aliphatic carbocycles. The van der Waals surface area contributed by atoms with Crippen molar-refractivity contribution in [2.75, 3.05) is 39.3 Å². The van der Waals surface area contributed by atoms with E-state index in [2.05, 4.69) is 5.32 Å². The molecule has 1 spiro atoms. The van der Waals surface area contributed by atoms with Crippen LogP contribution in [0.1, 0.15) is 39.0 Å². The summed E-state index contributed by atoms with van der Waals surface area (Å²) in [6.45, 7) is 4.66. The minimum atomic E-state index is -0.441. The van der Waals surface area contributed by atoms with Crippen LogP contribution in [0.15, 0.2) is 0 Å². The average molecular weight is 337 g/mol. The van der Waals surface area contributed by atoms with Gasteiger partial charge < -0.3 is 19.9 Å². The number of urea groups is 1. The van der Waals surface area contributed by atoms with Crippen molar-refractivity contribution < 1.29 is 19.1 Å². The number of nitrogens with zero attached hydrogens (tertiary/aromatic N) is 2. The van der Waals surface area contributed by atoms with E-state index in [0.717, 1.165) is 32.4 Å². The Hall–Kier alpha value is -1.79. The lowest BCUT2D eigenvalue weighted by Gasteiger charge is -2.39. The molecule has 1 saturated carbocycles. The van der Waals surface area contributed by atoms with E-state index in [4.69, 9.17) is 4.74 Å². The summed E-state index contributed by atoms with van der Waals surface area (Å²) in [4.78, 5) is 40.2. The number of ether oxygens (including phenoxy) is 1. The lowest BCUT2D eigenvalue weighted by atomic mass is 9.78. The van der Waals surface area contributed by atoms with Gasteiger partial charge in [-0.05, 0) is 44.9 Å². The van der Waals surface area contributed by atoms with E-state index >= 15 is 0 Å². The first kappa shape index (κ1) is 17.0. The fourth-order valence-corrected chi connectivity index (χ4v) is 3.83. The SMILES string of the molecule is CCOC(=O)CNC(=O)N1CCC2(CCCN(CC3CC3)C2=O)C1. The first-order chi connectivity index (χ1) is 11.5. The van der Waals surface area contributed by atoms with Crippen LogP contribution in [0.5, 0.6) is 0 Å². The van der Waals surface area contributed by atoms with Gasteiger partial charge in [-0.1, -0.05) is 0 Å². The average Bonchev–Trinajstić information content (AvgIpc) is 3.28. The minimum Gasteiger partial charge on any atom is -0.465 e. The molecule has 3 rings (SSSR count). The number of nitrogens with one attached hydrogen (secondary N) is 1. The number of esters is 1. The molecule has 2 heterocycles. The van der Waals surface area contributed by atoms with Crippen molar-refractivity contribution in [2.24, 2.45) is 11.3 Å². The fourth-order valence-electron chi connectivity index (χ4n) is 3.83. The molecule has 1 N–H and O–H groups in total. The zero-order valence-electron chi connectivity index (χ0n) is 14.4. The largest absolute Gasteiger partial charge is 0.465 e. The molecule has 24 heavy (non-hydrogen) atoms.